The Morgan fingerprint density at radius 1 is 1.29 bits per heavy atom. The summed E-state index contributed by atoms with van der Waals surface area (Å²) in [5.74, 6) is -0.429. The molecule has 24 heavy (non-hydrogen) atoms. The molecule has 1 heterocycles. The number of nitrogens with zero attached hydrogens (tertiary/aromatic N) is 2. The fraction of sp³-hybridized carbons (Fsp3) is 0.500. The highest BCUT2D eigenvalue weighted by Gasteiger charge is 2.54. The minimum absolute atomic E-state index is 0.00851. The molecule has 0 bridgehead atoms. The van der Waals surface area contributed by atoms with Gasteiger partial charge in [0.15, 0.2) is 5.78 Å². The smallest absolute Gasteiger partial charge is 0.307 e. The van der Waals surface area contributed by atoms with Crippen LogP contribution in [0, 0.1) is 17.9 Å². The Bertz CT molecular complexity index is 801. The zero-order valence-corrected chi connectivity index (χ0v) is 13.7. The van der Waals surface area contributed by atoms with Gasteiger partial charge >= 0.3 is 6.18 Å². The van der Waals surface area contributed by atoms with E-state index in [1.807, 2.05) is 0 Å². The first-order valence-corrected chi connectivity index (χ1v) is 7.74. The molecule has 3 rings (SSSR count). The molecule has 0 unspecified atom stereocenters. The summed E-state index contributed by atoms with van der Waals surface area (Å²) < 4.78 is 39.2. The molecule has 0 fully saturated rings. The summed E-state index contributed by atoms with van der Waals surface area (Å²) in [5.41, 5.74) is -1.51. The third-order valence-electron chi connectivity index (χ3n) is 5.45. The van der Waals surface area contributed by atoms with E-state index in [1.54, 1.807) is 20.8 Å². The summed E-state index contributed by atoms with van der Waals surface area (Å²) >= 11 is 0. The van der Waals surface area contributed by atoms with Gasteiger partial charge in [0.25, 0.3) is 0 Å². The van der Waals surface area contributed by atoms with Crippen LogP contribution in [0.3, 0.4) is 0 Å². The van der Waals surface area contributed by atoms with Crippen molar-refractivity contribution in [2.45, 2.75) is 45.2 Å². The lowest BCUT2D eigenvalue weighted by Gasteiger charge is -2.50. The van der Waals surface area contributed by atoms with E-state index in [-0.39, 0.29) is 17.4 Å². The summed E-state index contributed by atoms with van der Waals surface area (Å²) in [6.45, 7) is 12.6. The van der Waals surface area contributed by atoms with E-state index in [1.165, 1.54) is 12.1 Å². The molecule has 126 valence electrons. The maximum atomic E-state index is 13.1. The number of hydrogen-bond acceptors (Lipinski definition) is 2. The highest BCUT2D eigenvalue weighted by Crippen LogP contribution is 2.54. The molecule has 2 aliphatic carbocycles. The van der Waals surface area contributed by atoms with E-state index >= 15 is 0 Å². The Kier molecular flexibility index (Phi) is 3.42. The Morgan fingerprint density at radius 2 is 1.96 bits per heavy atom. The number of alkyl halides is 3. The average molecular weight is 334 g/mol. The minimum atomic E-state index is -4.52. The number of carbonyl (C=O) groups excluding carboxylic acids is 1. The van der Waals surface area contributed by atoms with Crippen LogP contribution in [0.15, 0.2) is 23.9 Å². The minimum Gasteiger partial charge on any atom is -0.307 e. The first-order chi connectivity index (χ1) is 11.0. The second kappa shape index (κ2) is 4.92. The summed E-state index contributed by atoms with van der Waals surface area (Å²) in [7, 11) is 0. The molecular weight excluding hydrogens is 317 g/mol. The third-order valence-corrected chi connectivity index (χ3v) is 5.45. The maximum Gasteiger partial charge on any atom is 0.433 e. The largest absolute Gasteiger partial charge is 0.433 e. The van der Waals surface area contributed by atoms with Crippen molar-refractivity contribution >= 4 is 5.78 Å². The van der Waals surface area contributed by atoms with Gasteiger partial charge in [-0.1, -0.05) is 32.9 Å². The number of pyridine rings is 1. The number of Topliss-reactive ketones (excluding diaryl/α,β-unsaturated/α-hetero) is 1. The van der Waals surface area contributed by atoms with E-state index in [0.29, 0.717) is 18.5 Å². The van der Waals surface area contributed by atoms with Crippen LogP contribution in [0.25, 0.3) is 4.85 Å². The van der Waals surface area contributed by atoms with Gasteiger partial charge in [0.05, 0.1) is 12.3 Å². The second-order valence-electron chi connectivity index (χ2n) is 7.27. The van der Waals surface area contributed by atoms with Crippen molar-refractivity contribution in [3.8, 4) is 0 Å². The Morgan fingerprint density at radius 3 is 2.54 bits per heavy atom. The average Bonchev–Trinajstić information content (AvgIpc) is 2.50. The van der Waals surface area contributed by atoms with Crippen LogP contribution in [0.2, 0.25) is 0 Å². The molecule has 0 radical (unpaired) electrons. The number of halogens is 3. The Hall–Kier alpha value is -2.16. The summed E-state index contributed by atoms with van der Waals surface area (Å²) in [6.07, 6.45) is -1.73. The van der Waals surface area contributed by atoms with Crippen LogP contribution in [-0.2, 0) is 22.8 Å². The lowest BCUT2D eigenvalue weighted by molar-refractivity contribution is -0.141. The molecular formula is C18H17F3N2O. The van der Waals surface area contributed by atoms with Gasteiger partial charge in [0.1, 0.15) is 5.69 Å². The topological polar surface area (TPSA) is 34.3 Å². The number of hydrogen-bond donors (Lipinski definition) is 0. The molecule has 1 aromatic heterocycles. The summed E-state index contributed by atoms with van der Waals surface area (Å²) in [6, 6.07) is 2.47. The fourth-order valence-electron chi connectivity index (χ4n) is 4.28. The Labute approximate surface area is 138 Å². The molecule has 0 spiro atoms. The van der Waals surface area contributed by atoms with Crippen LogP contribution in [0.4, 0.5) is 13.2 Å². The van der Waals surface area contributed by atoms with Crippen molar-refractivity contribution in [1.82, 2.24) is 4.98 Å². The van der Waals surface area contributed by atoms with Crippen molar-refractivity contribution < 1.29 is 18.0 Å². The third kappa shape index (κ3) is 2.18. The Balaban J connectivity index is 2.27. The van der Waals surface area contributed by atoms with Crippen LogP contribution >= 0.6 is 0 Å². The molecule has 0 saturated carbocycles. The molecule has 0 aliphatic heterocycles. The molecule has 0 amide bonds. The molecule has 6 heteroatoms. The van der Waals surface area contributed by atoms with Crippen molar-refractivity contribution in [3.63, 3.8) is 0 Å². The highest BCUT2D eigenvalue weighted by molar-refractivity contribution is 6.02. The molecule has 2 atom stereocenters. The number of rotatable bonds is 0. The molecule has 1 aromatic rings. The van der Waals surface area contributed by atoms with Gasteiger partial charge in [-0.15, -0.1) is 0 Å². The molecule has 3 nitrogen and oxygen atoms in total. The number of allylic oxidation sites excluding steroid dienone is 2. The SMILES string of the molecule is [C-]#[N+]C1=C[C@]2(C)c3nc(C(F)(F)F)ccc3CC[C@H]2C(C)(C)C1=O. The first kappa shape index (κ1) is 16.7. The van der Waals surface area contributed by atoms with Crippen molar-refractivity contribution in [1.29, 1.82) is 0 Å². The molecule has 0 aromatic carbocycles. The number of carbonyl (C=O) groups is 1. The van der Waals surface area contributed by atoms with Gasteiger partial charge < -0.3 is 4.79 Å². The van der Waals surface area contributed by atoms with Gasteiger partial charge in [-0.2, -0.15) is 13.2 Å². The predicted octanol–water partition coefficient (Wildman–Crippen LogP) is 4.33. The van der Waals surface area contributed by atoms with Gasteiger partial charge in [0, 0.05) is 10.8 Å². The quantitative estimate of drug-likeness (QED) is 0.662. The lowest BCUT2D eigenvalue weighted by Crippen LogP contribution is -2.51. The number of aryl methyl sites for hydroxylation is 1. The van der Waals surface area contributed by atoms with Gasteiger partial charge in [0.2, 0.25) is 5.70 Å². The second-order valence-corrected chi connectivity index (χ2v) is 7.27. The molecule has 0 saturated heterocycles. The number of ketones is 1. The van der Waals surface area contributed by atoms with E-state index in [9.17, 15) is 18.0 Å². The predicted molar refractivity (Wildman–Crippen MR) is 81.9 cm³/mol. The standard InChI is InChI=1S/C18H17F3N2O/c1-16(2)12-7-5-10-6-8-13(18(19,20)21)23-14(10)17(12,3)9-11(22-4)15(16)24/h6,8-9,12H,5,7H2,1-3H3/t12-,17-/m0/s1. The zero-order valence-electron chi connectivity index (χ0n) is 13.7. The van der Waals surface area contributed by atoms with E-state index < -0.39 is 22.7 Å². The maximum absolute atomic E-state index is 13.1. The van der Waals surface area contributed by atoms with E-state index in [2.05, 4.69) is 9.83 Å². The van der Waals surface area contributed by atoms with Crippen LogP contribution in [-0.4, -0.2) is 10.8 Å². The molecule has 0 N–H and O–H groups in total. The van der Waals surface area contributed by atoms with Crippen LogP contribution in [0.5, 0.6) is 0 Å². The van der Waals surface area contributed by atoms with Gasteiger partial charge in [-0.25, -0.2) is 9.83 Å². The van der Waals surface area contributed by atoms with E-state index in [4.69, 9.17) is 6.57 Å². The van der Waals surface area contributed by atoms with Crippen molar-refractivity contribution in [2.24, 2.45) is 11.3 Å². The fourth-order valence-corrected chi connectivity index (χ4v) is 4.28. The molecule has 2 aliphatic rings. The monoisotopic (exact) mass is 334 g/mol. The normalized spacial score (nSPS) is 28.5. The van der Waals surface area contributed by atoms with Crippen LogP contribution < -0.4 is 0 Å². The lowest BCUT2D eigenvalue weighted by atomic mass is 9.53. The summed E-state index contributed by atoms with van der Waals surface area (Å²) in [4.78, 5) is 19.8. The van der Waals surface area contributed by atoms with Crippen molar-refractivity contribution in [2.75, 3.05) is 0 Å². The van der Waals surface area contributed by atoms with E-state index in [0.717, 1.165) is 11.6 Å². The highest BCUT2D eigenvalue weighted by atomic mass is 19.4. The van der Waals surface area contributed by atoms with Gasteiger partial charge in [-0.3, -0.25) is 0 Å². The van der Waals surface area contributed by atoms with Gasteiger partial charge in [-0.05, 0) is 30.4 Å². The number of fused-ring (bicyclic) bond motifs is 3. The summed E-state index contributed by atoms with van der Waals surface area (Å²) in [5, 5.41) is 0. The first-order valence-electron chi connectivity index (χ1n) is 7.74. The number of aromatic nitrogens is 1. The zero-order chi connectivity index (χ0) is 17.9. The van der Waals surface area contributed by atoms with Crippen LogP contribution in [0.1, 0.15) is 44.1 Å². The van der Waals surface area contributed by atoms with Crippen molar-refractivity contribution in [3.05, 3.63) is 52.3 Å².